The van der Waals surface area contributed by atoms with Gasteiger partial charge in [-0.3, -0.25) is 0 Å². The monoisotopic (exact) mass is 239 g/mol. The molecule has 0 aliphatic carbocycles. The summed E-state index contributed by atoms with van der Waals surface area (Å²) in [5, 5.41) is 9.77. The second-order valence-corrected chi connectivity index (χ2v) is 4.88. The molecule has 1 atom stereocenters. The summed E-state index contributed by atoms with van der Waals surface area (Å²) in [6.45, 7) is 2.44. The first-order valence-electron chi connectivity index (χ1n) is 5.91. The van der Waals surface area contributed by atoms with Crippen LogP contribution in [0.25, 0.3) is 0 Å². The predicted molar refractivity (Wildman–Crippen MR) is 68.1 cm³/mol. The van der Waals surface area contributed by atoms with E-state index in [4.69, 9.17) is 16.7 Å². The predicted octanol–water partition coefficient (Wildman–Crippen LogP) is 2.94. The van der Waals surface area contributed by atoms with Gasteiger partial charge in [0.25, 0.3) is 0 Å². The van der Waals surface area contributed by atoms with Gasteiger partial charge in [-0.1, -0.05) is 17.7 Å². The first-order chi connectivity index (χ1) is 7.79. The number of hydrogen-bond donors (Lipinski definition) is 1. The van der Waals surface area contributed by atoms with Crippen LogP contribution in [0.3, 0.4) is 0 Å². The molecular weight excluding hydrogens is 222 g/mol. The van der Waals surface area contributed by atoms with E-state index >= 15 is 0 Å². The number of piperidine rings is 1. The van der Waals surface area contributed by atoms with Gasteiger partial charge in [-0.25, -0.2) is 0 Å². The summed E-state index contributed by atoms with van der Waals surface area (Å²) in [5.74, 6) is 0.623. The van der Waals surface area contributed by atoms with Gasteiger partial charge in [-0.2, -0.15) is 0 Å². The molecule has 2 rings (SSSR count). The second kappa shape index (κ2) is 5.55. The van der Waals surface area contributed by atoms with Crippen LogP contribution in [0.1, 0.15) is 19.3 Å². The van der Waals surface area contributed by atoms with Crippen molar-refractivity contribution in [1.29, 1.82) is 0 Å². The molecule has 1 heterocycles. The topological polar surface area (TPSA) is 23.5 Å². The number of benzene rings is 1. The van der Waals surface area contributed by atoms with Crippen molar-refractivity contribution in [3.63, 3.8) is 0 Å². The molecule has 0 aromatic heterocycles. The number of aliphatic hydroxyl groups is 1. The average Bonchev–Trinajstić information content (AvgIpc) is 2.30. The minimum Gasteiger partial charge on any atom is -0.396 e. The summed E-state index contributed by atoms with van der Waals surface area (Å²) >= 11 is 5.99. The van der Waals surface area contributed by atoms with Crippen molar-refractivity contribution in [3.05, 3.63) is 29.3 Å². The van der Waals surface area contributed by atoms with Gasteiger partial charge in [0.05, 0.1) is 0 Å². The smallest absolute Gasteiger partial charge is 0.0434 e. The Labute approximate surface area is 102 Å². The van der Waals surface area contributed by atoms with E-state index in [0.717, 1.165) is 24.5 Å². The molecular formula is C13H18ClNO. The summed E-state index contributed by atoms with van der Waals surface area (Å²) in [7, 11) is 0. The molecule has 3 heteroatoms. The average molecular weight is 240 g/mol. The lowest BCUT2D eigenvalue weighted by molar-refractivity contribution is 0.244. The van der Waals surface area contributed by atoms with Gasteiger partial charge in [0, 0.05) is 30.4 Å². The third-order valence-electron chi connectivity index (χ3n) is 3.23. The fraction of sp³-hybridized carbons (Fsp3) is 0.538. The Morgan fingerprint density at radius 3 is 3.06 bits per heavy atom. The normalized spacial score (nSPS) is 21.1. The fourth-order valence-electron chi connectivity index (χ4n) is 2.39. The molecule has 1 unspecified atom stereocenters. The van der Waals surface area contributed by atoms with Crippen molar-refractivity contribution < 1.29 is 5.11 Å². The SMILES string of the molecule is OCCC1CCCN(c2cccc(Cl)c2)C1. The Bertz CT molecular complexity index is 340. The Hall–Kier alpha value is -0.730. The zero-order valence-corrected chi connectivity index (χ0v) is 10.2. The summed E-state index contributed by atoms with van der Waals surface area (Å²) in [6.07, 6.45) is 3.35. The van der Waals surface area contributed by atoms with Crippen LogP contribution in [0.5, 0.6) is 0 Å². The quantitative estimate of drug-likeness (QED) is 0.877. The molecule has 0 saturated carbocycles. The third-order valence-corrected chi connectivity index (χ3v) is 3.46. The Kier molecular flexibility index (Phi) is 4.08. The molecule has 16 heavy (non-hydrogen) atoms. The lowest BCUT2D eigenvalue weighted by atomic mass is 9.95. The second-order valence-electron chi connectivity index (χ2n) is 4.45. The third kappa shape index (κ3) is 2.89. The largest absolute Gasteiger partial charge is 0.396 e. The van der Waals surface area contributed by atoms with Crippen LogP contribution in [-0.2, 0) is 0 Å². The van der Waals surface area contributed by atoms with Crippen molar-refractivity contribution in [2.24, 2.45) is 5.92 Å². The van der Waals surface area contributed by atoms with E-state index in [0.29, 0.717) is 12.5 Å². The van der Waals surface area contributed by atoms with Crippen molar-refractivity contribution in [2.45, 2.75) is 19.3 Å². The molecule has 1 saturated heterocycles. The number of rotatable bonds is 3. The van der Waals surface area contributed by atoms with Gasteiger partial charge < -0.3 is 10.0 Å². The molecule has 1 aliphatic rings. The standard InChI is InChI=1S/C13H18ClNO/c14-12-4-1-5-13(9-12)15-7-2-3-11(10-15)6-8-16/h1,4-5,9,11,16H,2-3,6-8,10H2. The summed E-state index contributed by atoms with van der Waals surface area (Å²) < 4.78 is 0. The van der Waals surface area contributed by atoms with Crippen LogP contribution in [0.15, 0.2) is 24.3 Å². The van der Waals surface area contributed by atoms with E-state index in [1.54, 1.807) is 0 Å². The summed E-state index contributed by atoms with van der Waals surface area (Å²) in [5.41, 5.74) is 1.20. The van der Waals surface area contributed by atoms with Gasteiger partial charge in [-0.15, -0.1) is 0 Å². The van der Waals surface area contributed by atoms with Crippen molar-refractivity contribution in [2.75, 3.05) is 24.6 Å². The van der Waals surface area contributed by atoms with Gasteiger partial charge in [0.1, 0.15) is 0 Å². The maximum absolute atomic E-state index is 8.98. The lowest BCUT2D eigenvalue weighted by Gasteiger charge is -2.34. The van der Waals surface area contributed by atoms with Crippen molar-refractivity contribution in [3.8, 4) is 0 Å². The van der Waals surface area contributed by atoms with Crippen LogP contribution < -0.4 is 4.90 Å². The Morgan fingerprint density at radius 2 is 2.31 bits per heavy atom. The number of halogens is 1. The summed E-state index contributed by atoms with van der Waals surface area (Å²) in [4.78, 5) is 2.37. The maximum atomic E-state index is 8.98. The fourth-order valence-corrected chi connectivity index (χ4v) is 2.58. The molecule has 1 N–H and O–H groups in total. The van der Waals surface area contributed by atoms with Crippen LogP contribution >= 0.6 is 11.6 Å². The first kappa shape index (κ1) is 11.7. The highest BCUT2D eigenvalue weighted by molar-refractivity contribution is 6.30. The van der Waals surface area contributed by atoms with E-state index in [1.165, 1.54) is 18.5 Å². The van der Waals surface area contributed by atoms with Crippen molar-refractivity contribution >= 4 is 17.3 Å². The zero-order chi connectivity index (χ0) is 11.4. The van der Waals surface area contributed by atoms with Crippen LogP contribution in [0, 0.1) is 5.92 Å². The van der Waals surface area contributed by atoms with Gasteiger partial charge in [-0.05, 0) is 43.4 Å². The van der Waals surface area contributed by atoms with Gasteiger partial charge in [0.2, 0.25) is 0 Å². The number of hydrogen-bond acceptors (Lipinski definition) is 2. The van der Waals surface area contributed by atoms with Crippen LogP contribution in [-0.4, -0.2) is 24.8 Å². The molecule has 2 nitrogen and oxygen atoms in total. The molecule has 0 amide bonds. The first-order valence-corrected chi connectivity index (χ1v) is 6.29. The highest BCUT2D eigenvalue weighted by Gasteiger charge is 2.19. The van der Waals surface area contributed by atoms with E-state index < -0.39 is 0 Å². The molecule has 0 bridgehead atoms. The molecule has 88 valence electrons. The summed E-state index contributed by atoms with van der Waals surface area (Å²) in [6, 6.07) is 8.02. The highest BCUT2D eigenvalue weighted by Crippen LogP contribution is 2.26. The minimum atomic E-state index is 0.300. The number of aliphatic hydroxyl groups excluding tert-OH is 1. The van der Waals surface area contributed by atoms with E-state index in [1.807, 2.05) is 18.2 Å². The molecule has 1 aromatic carbocycles. The van der Waals surface area contributed by atoms with Gasteiger partial charge in [0.15, 0.2) is 0 Å². The Morgan fingerprint density at radius 1 is 1.44 bits per heavy atom. The van der Waals surface area contributed by atoms with E-state index in [9.17, 15) is 0 Å². The highest BCUT2D eigenvalue weighted by atomic mass is 35.5. The lowest BCUT2D eigenvalue weighted by Crippen LogP contribution is -2.35. The molecule has 1 fully saturated rings. The maximum Gasteiger partial charge on any atom is 0.0434 e. The molecule has 1 aromatic rings. The Balaban J connectivity index is 2.03. The molecule has 0 radical (unpaired) electrons. The van der Waals surface area contributed by atoms with Crippen LogP contribution in [0.2, 0.25) is 5.02 Å². The molecule has 1 aliphatic heterocycles. The number of nitrogens with zero attached hydrogens (tertiary/aromatic N) is 1. The minimum absolute atomic E-state index is 0.300. The van der Waals surface area contributed by atoms with Crippen LogP contribution in [0.4, 0.5) is 5.69 Å². The van der Waals surface area contributed by atoms with Gasteiger partial charge >= 0.3 is 0 Å². The van der Waals surface area contributed by atoms with E-state index in [2.05, 4.69) is 11.0 Å². The van der Waals surface area contributed by atoms with Crippen molar-refractivity contribution in [1.82, 2.24) is 0 Å². The van der Waals surface area contributed by atoms with E-state index in [-0.39, 0.29) is 0 Å². The molecule has 0 spiro atoms. The zero-order valence-electron chi connectivity index (χ0n) is 9.40. The number of anilines is 1.